The van der Waals surface area contributed by atoms with Gasteiger partial charge in [0, 0.05) is 31.6 Å². The first-order chi connectivity index (χ1) is 16.7. The molecule has 3 atom stereocenters. The van der Waals surface area contributed by atoms with Gasteiger partial charge in [-0.1, -0.05) is 25.2 Å². The molecule has 0 saturated carbocycles. The molecule has 1 fully saturated rings. The van der Waals surface area contributed by atoms with Crippen LogP contribution in [-0.4, -0.2) is 59.3 Å². The number of hydroxylamine groups is 2. The Kier molecular flexibility index (Phi) is 6.20. The fourth-order valence-corrected chi connectivity index (χ4v) is 6.92. The van der Waals surface area contributed by atoms with Crippen LogP contribution in [0, 0.1) is 5.92 Å². The van der Waals surface area contributed by atoms with E-state index in [1.807, 2.05) is 13.8 Å². The molecule has 1 saturated heterocycles. The van der Waals surface area contributed by atoms with Crippen LogP contribution in [-0.2, 0) is 29.8 Å². The normalized spacial score (nSPS) is 21.9. The summed E-state index contributed by atoms with van der Waals surface area (Å²) in [5.74, 6) is -1.32. The molecule has 2 unspecified atom stereocenters. The maximum atomic E-state index is 13.7. The number of nitrogens with zero attached hydrogens (tertiary/aromatic N) is 5. The lowest BCUT2D eigenvalue weighted by Gasteiger charge is -2.23. The van der Waals surface area contributed by atoms with Crippen LogP contribution in [0.15, 0.2) is 37.7 Å². The number of hydrogen-bond acceptors (Lipinski definition) is 9. The van der Waals surface area contributed by atoms with Crippen molar-refractivity contribution in [3.63, 3.8) is 0 Å². The molecule has 2 aliphatic heterocycles. The van der Waals surface area contributed by atoms with Crippen LogP contribution in [0.4, 0.5) is 0 Å². The number of thiazole rings is 1. The average molecular weight is 520 g/mol. The van der Waals surface area contributed by atoms with Crippen molar-refractivity contribution >= 4 is 39.4 Å². The van der Waals surface area contributed by atoms with Crippen molar-refractivity contribution in [2.24, 2.45) is 13.0 Å². The zero-order chi connectivity index (χ0) is 25.0. The summed E-state index contributed by atoms with van der Waals surface area (Å²) in [5, 5.41) is 10.9. The monoisotopic (exact) mass is 519 g/mol. The zero-order valence-corrected chi connectivity index (χ0v) is 21.0. The number of hydrogen-bond donors (Lipinski definition) is 1. The van der Waals surface area contributed by atoms with Gasteiger partial charge in [0.15, 0.2) is 0 Å². The number of aliphatic hydroxyl groups excluding tert-OH is 1. The number of aromatic nitrogens is 4. The smallest absolute Gasteiger partial charge is 0.331 e. The predicted molar refractivity (Wildman–Crippen MR) is 131 cm³/mol. The molecule has 0 bridgehead atoms. The van der Waals surface area contributed by atoms with Crippen molar-refractivity contribution in [2.45, 2.75) is 49.2 Å². The van der Waals surface area contributed by atoms with E-state index in [0.717, 1.165) is 21.0 Å². The van der Waals surface area contributed by atoms with Crippen molar-refractivity contribution in [3.8, 4) is 0 Å². The van der Waals surface area contributed by atoms with Crippen molar-refractivity contribution in [1.29, 1.82) is 0 Å². The Morgan fingerprint density at radius 3 is 2.74 bits per heavy atom. The molecule has 0 aromatic carbocycles. The molecule has 3 aromatic heterocycles. The Morgan fingerprint density at radius 2 is 2.06 bits per heavy atom. The van der Waals surface area contributed by atoms with Gasteiger partial charge in [0.25, 0.3) is 11.5 Å². The highest BCUT2D eigenvalue weighted by molar-refractivity contribution is 8.00. The summed E-state index contributed by atoms with van der Waals surface area (Å²) in [4.78, 5) is 62.8. The Labute approximate surface area is 207 Å². The van der Waals surface area contributed by atoms with Crippen molar-refractivity contribution < 1.29 is 14.7 Å². The summed E-state index contributed by atoms with van der Waals surface area (Å²) >= 11 is 2.28. The molecule has 2 aliphatic rings. The minimum absolute atomic E-state index is 0.0146. The van der Waals surface area contributed by atoms with Crippen LogP contribution in [0.1, 0.15) is 25.3 Å². The molecule has 3 aromatic rings. The Balaban J connectivity index is 1.65. The topological polar surface area (TPSA) is 129 Å². The number of pyridine rings is 1. The van der Waals surface area contributed by atoms with E-state index in [9.17, 15) is 24.3 Å². The largest absolute Gasteiger partial charge is 0.389 e. The highest BCUT2D eigenvalue weighted by Crippen LogP contribution is 2.45. The number of carbonyl (C=O) groups is 1. The molecule has 186 valence electrons. The van der Waals surface area contributed by atoms with E-state index in [-0.39, 0.29) is 36.1 Å². The molecule has 0 spiro atoms. The van der Waals surface area contributed by atoms with Gasteiger partial charge in [-0.3, -0.25) is 32.9 Å². The van der Waals surface area contributed by atoms with Crippen LogP contribution in [0.2, 0.25) is 0 Å². The fraction of sp³-hybridized carbons (Fsp3) is 0.500. The van der Waals surface area contributed by atoms with Crippen LogP contribution in [0.3, 0.4) is 0 Å². The number of fused-ring (bicyclic) bond motifs is 2. The third-order valence-electron chi connectivity index (χ3n) is 6.14. The molecule has 35 heavy (non-hydrogen) atoms. The first-order valence-corrected chi connectivity index (χ1v) is 12.9. The van der Waals surface area contributed by atoms with E-state index in [2.05, 4.69) is 4.98 Å². The van der Waals surface area contributed by atoms with Crippen LogP contribution in [0.5, 0.6) is 0 Å². The number of carbonyl (C=O) groups excluding carboxylic acids is 1. The summed E-state index contributed by atoms with van der Waals surface area (Å²) in [5.41, 5.74) is -0.117. The second kappa shape index (κ2) is 9.04. The quantitative estimate of drug-likeness (QED) is 0.479. The zero-order valence-electron chi connectivity index (χ0n) is 19.4. The van der Waals surface area contributed by atoms with Gasteiger partial charge in [0.05, 0.1) is 34.7 Å². The number of amides is 1. The molecule has 11 nitrogen and oxygen atoms in total. The third-order valence-corrected chi connectivity index (χ3v) is 8.43. The molecule has 1 N–H and O–H groups in total. The summed E-state index contributed by atoms with van der Waals surface area (Å²) in [7, 11) is 1.40. The number of β-amino-alcohol motifs (C(OH)–C–C–N with tert-alkyl or cyclic N) is 1. The number of aliphatic hydroxyl groups is 1. The lowest BCUT2D eigenvalue weighted by atomic mass is 9.96. The molecule has 5 rings (SSSR count). The molecular weight excluding hydrogens is 494 g/mol. The van der Waals surface area contributed by atoms with E-state index >= 15 is 0 Å². The van der Waals surface area contributed by atoms with Crippen LogP contribution in [0.25, 0.3) is 10.3 Å². The van der Waals surface area contributed by atoms with Gasteiger partial charge in [-0.2, -0.15) is 0 Å². The summed E-state index contributed by atoms with van der Waals surface area (Å²) < 4.78 is 4.13. The third kappa shape index (κ3) is 4.05. The first kappa shape index (κ1) is 24.0. The van der Waals surface area contributed by atoms with E-state index < -0.39 is 34.4 Å². The van der Waals surface area contributed by atoms with Crippen molar-refractivity contribution in [3.05, 3.63) is 54.4 Å². The lowest BCUT2D eigenvalue weighted by molar-refractivity contribution is -0.170. The van der Waals surface area contributed by atoms with E-state index in [1.165, 1.54) is 18.8 Å². The maximum Gasteiger partial charge on any atom is 0.331 e. The minimum Gasteiger partial charge on any atom is -0.389 e. The Hall–Kier alpha value is -2.74. The summed E-state index contributed by atoms with van der Waals surface area (Å²) in [6, 6.07) is 3.52. The van der Waals surface area contributed by atoms with Gasteiger partial charge in [-0.15, -0.1) is 11.8 Å². The highest BCUT2D eigenvalue weighted by Gasteiger charge is 2.46. The van der Waals surface area contributed by atoms with Crippen LogP contribution < -0.4 is 16.1 Å². The van der Waals surface area contributed by atoms with E-state index in [1.54, 1.807) is 27.5 Å². The Morgan fingerprint density at radius 1 is 1.29 bits per heavy atom. The molecule has 1 amide bonds. The predicted octanol–water partition coefficient (Wildman–Crippen LogP) is 0.367. The first-order valence-electron chi connectivity index (χ1n) is 11.2. The van der Waals surface area contributed by atoms with E-state index in [4.69, 9.17) is 4.84 Å². The van der Waals surface area contributed by atoms with Gasteiger partial charge in [0.1, 0.15) is 11.4 Å². The van der Waals surface area contributed by atoms with Crippen molar-refractivity contribution in [2.75, 3.05) is 13.2 Å². The summed E-state index contributed by atoms with van der Waals surface area (Å²) in [6.45, 7) is 4.41. The van der Waals surface area contributed by atoms with Gasteiger partial charge in [0.2, 0.25) is 0 Å². The highest BCUT2D eigenvalue weighted by atomic mass is 32.2. The van der Waals surface area contributed by atoms with Gasteiger partial charge in [-0.05, 0) is 18.1 Å². The standard InChI is InChI=1S/C22H25N5O6S2/c1-11(2)7-26-20-16(18(29)24(3)21(26)31)15(19(30)27-8-12(28)10-33-27)14(34-20)9-25-13-5-4-6-23-17(13)35-22(25)32/h4-6,11-12,14-15,28H,7-10H2,1-3H3/t12-,14?,15?/m0/s1. The number of thioether (sulfide) groups is 1. The average Bonchev–Trinajstić information content (AvgIpc) is 3.50. The van der Waals surface area contributed by atoms with Crippen LogP contribution >= 0.6 is 23.1 Å². The second-order valence-corrected chi connectivity index (χ2v) is 11.3. The second-order valence-electron chi connectivity index (χ2n) is 9.16. The van der Waals surface area contributed by atoms with E-state index in [0.29, 0.717) is 21.9 Å². The lowest BCUT2D eigenvalue weighted by Crippen LogP contribution is -2.44. The van der Waals surface area contributed by atoms with Gasteiger partial charge < -0.3 is 5.11 Å². The SMILES string of the molecule is CC(C)Cn1c2c(c(=O)n(C)c1=O)C(C(=O)N1C[C@H](O)CO1)C(Cn1c(=O)sc3ncccc31)S2. The maximum absolute atomic E-state index is 13.7. The Bertz CT molecular complexity index is 1490. The number of rotatable bonds is 5. The molecule has 5 heterocycles. The molecule has 13 heteroatoms. The molecular formula is C22H25N5O6S2. The van der Waals surface area contributed by atoms with Gasteiger partial charge >= 0.3 is 10.6 Å². The minimum atomic E-state index is -0.962. The fourth-order valence-electron chi connectivity index (χ4n) is 4.55. The van der Waals surface area contributed by atoms with Gasteiger partial charge in [-0.25, -0.2) is 14.8 Å². The molecule has 0 radical (unpaired) electrons. The summed E-state index contributed by atoms with van der Waals surface area (Å²) in [6.07, 6.45) is 0.789. The molecule has 0 aliphatic carbocycles. The van der Waals surface area contributed by atoms with Crippen molar-refractivity contribution in [1.82, 2.24) is 23.7 Å².